The summed E-state index contributed by atoms with van der Waals surface area (Å²) in [5.74, 6) is 0.656. The number of allylic oxidation sites excluding steroid dienone is 4. The Morgan fingerprint density at radius 1 is 0.561 bits per heavy atom. The van der Waals surface area contributed by atoms with Crippen LogP contribution >= 0.6 is 0 Å². The second kappa shape index (κ2) is 7.43. The molecule has 0 unspecified atom stereocenters. The van der Waals surface area contributed by atoms with Gasteiger partial charge in [-0.3, -0.25) is 4.79 Å². The fourth-order valence-electron chi connectivity index (χ4n) is 9.99. The van der Waals surface area contributed by atoms with Crippen LogP contribution in [-0.2, 0) is 4.79 Å². The van der Waals surface area contributed by atoms with E-state index in [-0.39, 0.29) is 52.9 Å². The van der Waals surface area contributed by atoms with Gasteiger partial charge in [-0.2, -0.15) is 0 Å². The summed E-state index contributed by atoms with van der Waals surface area (Å²) in [6, 6.07) is 29.4. The van der Waals surface area contributed by atoms with Crippen LogP contribution in [0.25, 0.3) is 16.8 Å². The molecular weight excluding hydrogens is 510 g/mol. The smallest absolute Gasteiger partial charge is 0.298 e. The monoisotopic (exact) mass is 539 g/mol. The number of ketones is 1. The summed E-state index contributed by atoms with van der Waals surface area (Å²) in [5, 5.41) is 0. The molecule has 6 heteroatoms. The average molecular weight is 540 g/mol. The van der Waals surface area contributed by atoms with Crippen molar-refractivity contribution in [3.8, 4) is 5.69 Å². The summed E-state index contributed by atoms with van der Waals surface area (Å²) in [5.41, 5.74) is 3.04. The van der Waals surface area contributed by atoms with Crippen LogP contribution in [0.15, 0.2) is 113 Å². The van der Waals surface area contributed by atoms with Crippen molar-refractivity contribution in [1.29, 1.82) is 0 Å². The molecule has 4 aromatic rings. The lowest BCUT2D eigenvalue weighted by Gasteiger charge is -2.65. The van der Waals surface area contributed by atoms with Gasteiger partial charge in [-0.15, -0.1) is 0 Å². The number of benzene rings is 3. The number of hydrogen-bond acceptors (Lipinski definition) is 3. The maximum Gasteiger partial charge on any atom is 0.352 e. The first-order chi connectivity index (χ1) is 19.9. The van der Waals surface area contributed by atoms with E-state index in [1.54, 1.807) is 21.5 Å². The molecule has 0 N–H and O–H groups in total. The molecule has 4 aliphatic carbocycles. The third-order valence-electron chi connectivity index (χ3n) is 11.2. The van der Waals surface area contributed by atoms with Crippen LogP contribution in [-0.4, -0.2) is 19.7 Å². The Kier molecular flexibility index (Phi) is 4.22. The molecule has 0 radical (unpaired) electrons. The van der Waals surface area contributed by atoms with Crippen molar-refractivity contribution in [3.63, 3.8) is 0 Å². The third-order valence-corrected chi connectivity index (χ3v) is 11.2. The molecule has 202 valence electrons. The molecule has 6 nitrogen and oxygen atoms in total. The molecule has 41 heavy (non-hydrogen) atoms. The van der Waals surface area contributed by atoms with Crippen molar-refractivity contribution in [2.24, 2.45) is 34.5 Å². The maximum atomic E-state index is 14.8. The quantitative estimate of drug-likeness (QED) is 0.338. The first-order valence-electron chi connectivity index (χ1n) is 14.5. The fraction of sp³-hybridized carbons (Fsp3) is 0.286. The Balaban J connectivity index is 1.28. The molecule has 0 spiro atoms. The van der Waals surface area contributed by atoms with Gasteiger partial charge in [0.1, 0.15) is 0 Å². The predicted molar refractivity (Wildman–Crippen MR) is 156 cm³/mol. The fourth-order valence-corrected chi connectivity index (χ4v) is 9.99. The lowest BCUT2D eigenvalue weighted by atomic mass is 9.40. The van der Waals surface area contributed by atoms with Gasteiger partial charge in [0.2, 0.25) is 0 Å². The Morgan fingerprint density at radius 3 is 1.37 bits per heavy atom. The Hall–Kier alpha value is -4.45. The Labute approximate surface area is 236 Å². The van der Waals surface area contributed by atoms with Gasteiger partial charge >= 0.3 is 11.4 Å². The van der Waals surface area contributed by atoms with Crippen LogP contribution in [0.5, 0.6) is 0 Å². The number of Topliss-reactive ketones (excluding diaryl/α,β-unsaturated/α-hetero) is 1. The molecule has 0 amide bonds. The van der Waals surface area contributed by atoms with E-state index < -0.39 is 10.8 Å². The zero-order valence-corrected chi connectivity index (χ0v) is 22.8. The van der Waals surface area contributed by atoms with Crippen molar-refractivity contribution < 1.29 is 4.79 Å². The number of rotatable bonds is 3. The normalized spacial score (nSPS) is 35.3. The maximum absolute atomic E-state index is 14.8. The van der Waals surface area contributed by atoms with E-state index in [1.165, 1.54) is 4.57 Å². The molecule has 10 rings (SSSR count). The minimum absolute atomic E-state index is 0.0842. The van der Waals surface area contributed by atoms with Gasteiger partial charge in [-0.1, -0.05) is 91.0 Å². The minimum Gasteiger partial charge on any atom is -0.298 e. The summed E-state index contributed by atoms with van der Waals surface area (Å²) in [7, 11) is 0. The zero-order valence-electron chi connectivity index (χ0n) is 22.8. The molecule has 2 aliphatic heterocycles. The van der Waals surface area contributed by atoms with E-state index in [4.69, 9.17) is 0 Å². The lowest BCUT2D eigenvalue weighted by molar-refractivity contribution is -0.138. The predicted octanol–water partition coefficient (Wildman–Crippen LogP) is 5.16. The number of para-hydroxylation sites is 1. The van der Waals surface area contributed by atoms with Crippen LogP contribution < -0.4 is 11.4 Å². The second-order valence-electron chi connectivity index (χ2n) is 12.7. The topological polar surface area (TPSA) is 66.0 Å². The summed E-state index contributed by atoms with van der Waals surface area (Å²) in [6.45, 7) is 4.31. The molecule has 4 bridgehead atoms. The molecular formula is C35H29N3O3. The minimum atomic E-state index is -0.685. The van der Waals surface area contributed by atoms with Crippen molar-refractivity contribution in [2.75, 3.05) is 0 Å². The SMILES string of the molecule is C[C@]12C(=O)[C@](C)(C(c3ccccc3)=C1c1ccccc1)[C@@H]1[C@@H]3[C@@H]([C@H]12)[C@H]1C=C[C@H]3n2c(=O)n(-c3ccccc3)c(=O)n21. The van der Waals surface area contributed by atoms with Crippen molar-refractivity contribution in [2.45, 2.75) is 25.9 Å². The Bertz CT molecular complexity index is 1850. The highest BCUT2D eigenvalue weighted by Gasteiger charge is 2.82. The van der Waals surface area contributed by atoms with Gasteiger partial charge < -0.3 is 0 Å². The number of carbonyl (C=O) groups is 1. The zero-order chi connectivity index (χ0) is 27.8. The van der Waals surface area contributed by atoms with E-state index in [0.717, 1.165) is 22.3 Å². The van der Waals surface area contributed by atoms with Crippen LogP contribution in [0.4, 0.5) is 0 Å². The summed E-state index contributed by atoms with van der Waals surface area (Å²) in [6.07, 6.45) is 4.23. The molecule has 3 heterocycles. The second-order valence-corrected chi connectivity index (χ2v) is 12.7. The summed E-state index contributed by atoms with van der Waals surface area (Å²) < 4.78 is 4.67. The highest BCUT2D eigenvalue weighted by molar-refractivity contribution is 6.23. The Morgan fingerprint density at radius 2 is 0.951 bits per heavy atom. The van der Waals surface area contributed by atoms with Crippen LogP contribution in [0, 0.1) is 34.5 Å². The highest BCUT2D eigenvalue weighted by atomic mass is 16.2. The standard InChI is InChI=1S/C35H29N3O3/c1-34-27(20-12-6-3-7-13-20)28(21-14-8-4-9-15-21)35(2,31(34)39)30-26-24-19-18-23(25(26)29(30)34)37-32(40)36(33(41)38(24)37)22-16-10-5-11-17-22/h3-19,23-26,29-30H,1-2H3/t23-,24-,25+,26+,29-,30-,34-,35+/m1/s1. The number of fused-ring (bicyclic) bond motifs is 5. The van der Waals surface area contributed by atoms with Crippen LogP contribution in [0.3, 0.4) is 0 Å². The summed E-state index contributed by atoms with van der Waals surface area (Å²) in [4.78, 5) is 42.6. The van der Waals surface area contributed by atoms with E-state index in [1.807, 2.05) is 54.6 Å². The first kappa shape index (κ1) is 23.3. The number of carbonyl (C=O) groups excluding carboxylic acids is 1. The highest BCUT2D eigenvalue weighted by Crippen LogP contribution is 2.82. The molecule has 0 saturated heterocycles. The van der Waals surface area contributed by atoms with Gasteiger partial charge in [-0.25, -0.2) is 23.5 Å². The molecule has 2 fully saturated rings. The van der Waals surface area contributed by atoms with Crippen LogP contribution in [0.2, 0.25) is 0 Å². The molecule has 2 saturated carbocycles. The number of aromatic nitrogens is 3. The van der Waals surface area contributed by atoms with Crippen molar-refractivity contribution in [3.05, 3.63) is 135 Å². The van der Waals surface area contributed by atoms with Crippen molar-refractivity contribution >= 4 is 16.9 Å². The van der Waals surface area contributed by atoms with E-state index in [0.29, 0.717) is 5.69 Å². The van der Waals surface area contributed by atoms with E-state index in [9.17, 15) is 14.4 Å². The van der Waals surface area contributed by atoms with Gasteiger partial charge in [0.25, 0.3) is 0 Å². The number of nitrogens with zero attached hydrogens (tertiary/aromatic N) is 3. The van der Waals surface area contributed by atoms with Crippen molar-refractivity contribution in [1.82, 2.24) is 13.9 Å². The molecule has 3 aromatic carbocycles. The van der Waals surface area contributed by atoms with Gasteiger partial charge in [-0.05, 0) is 71.9 Å². The lowest BCUT2D eigenvalue weighted by Crippen LogP contribution is -2.65. The van der Waals surface area contributed by atoms with E-state index in [2.05, 4.69) is 50.3 Å². The van der Waals surface area contributed by atoms with Crippen LogP contribution in [0.1, 0.15) is 37.1 Å². The largest absolute Gasteiger partial charge is 0.352 e. The summed E-state index contributed by atoms with van der Waals surface area (Å²) >= 11 is 0. The number of hydrogen-bond donors (Lipinski definition) is 0. The van der Waals surface area contributed by atoms with Gasteiger partial charge in [0.05, 0.1) is 28.6 Å². The molecule has 1 aromatic heterocycles. The van der Waals surface area contributed by atoms with Gasteiger partial charge in [0.15, 0.2) is 5.78 Å². The first-order valence-corrected chi connectivity index (χ1v) is 14.5. The molecule has 8 atom stereocenters. The van der Waals surface area contributed by atoms with Gasteiger partial charge in [0, 0.05) is 0 Å². The third kappa shape index (κ3) is 2.42. The molecule has 6 aliphatic rings. The van der Waals surface area contributed by atoms with E-state index >= 15 is 0 Å². The average Bonchev–Trinajstić information content (AvgIpc) is 3.42.